The van der Waals surface area contributed by atoms with E-state index in [1.165, 1.54) is 0 Å². The van der Waals surface area contributed by atoms with E-state index in [0.29, 0.717) is 6.54 Å². The molecule has 0 bridgehead atoms. The number of amides is 2. The molecule has 0 heterocycles. The maximum Gasteiger partial charge on any atom is 0.319 e. The molecule has 1 aliphatic carbocycles. The fourth-order valence-electron chi connectivity index (χ4n) is 2.07. The summed E-state index contributed by atoms with van der Waals surface area (Å²) in [6.45, 7) is 2.65. The minimum Gasteiger partial charge on any atom is -0.396 e. The van der Waals surface area contributed by atoms with E-state index in [1.54, 1.807) is 0 Å². The van der Waals surface area contributed by atoms with Gasteiger partial charge in [0.15, 0.2) is 0 Å². The highest BCUT2D eigenvalue weighted by Crippen LogP contribution is 2.44. The molecule has 5 heteroatoms. The first kappa shape index (κ1) is 14.7. The summed E-state index contributed by atoms with van der Waals surface area (Å²) in [5, 5.41) is 14.9. The zero-order valence-electron chi connectivity index (χ0n) is 12.4. The first-order valence-electron chi connectivity index (χ1n) is 6.89. The van der Waals surface area contributed by atoms with Crippen molar-refractivity contribution in [1.29, 1.82) is 0 Å². The third-order valence-electron chi connectivity index (χ3n) is 3.89. The molecule has 0 spiro atoms. The number of rotatable bonds is 5. The second-order valence-corrected chi connectivity index (χ2v) is 5.86. The number of aliphatic hydroxyl groups is 1. The standard InChI is InChI=1S/C15H23N3O2/c1-11-8-12(18(2)3)4-5-13(11)17-14(20)16-9-15(10-19)6-7-15/h4-5,8,19H,6-7,9-10H2,1-3H3,(H2,16,17,20). The Balaban J connectivity index is 1.91. The first-order valence-corrected chi connectivity index (χ1v) is 6.89. The fourth-order valence-corrected chi connectivity index (χ4v) is 2.07. The SMILES string of the molecule is Cc1cc(N(C)C)ccc1NC(=O)NCC1(CO)CC1. The Hall–Kier alpha value is -1.75. The van der Waals surface area contributed by atoms with Gasteiger partial charge in [-0.3, -0.25) is 0 Å². The number of hydrogen-bond donors (Lipinski definition) is 3. The van der Waals surface area contributed by atoms with Crippen LogP contribution in [0.3, 0.4) is 0 Å². The van der Waals surface area contributed by atoms with E-state index in [4.69, 9.17) is 0 Å². The Morgan fingerprint density at radius 1 is 1.40 bits per heavy atom. The molecule has 1 aromatic rings. The largest absolute Gasteiger partial charge is 0.396 e. The summed E-state index contributed by atoms with van der Waals surface area (Å²) < 4.78 is 0. The van der Waals surface area contributed by atoms with Crippen LogP contribution in [0.5, 0.6) is 0 Å². The van der Waals surface area contributed by atoms with Gasteiger partial charge in [0.1, 0.15) is 0 Å². The van der Waals surface area contributed by atoms with Gasteiger partial charge in [-0.15, -0.1) is 0 Å². The molecule has 2 amide bonds. The van der Waals surface area contributed by atoms with Crippen LogP contribution >= 0.6 is 0 Å². The van der Waals surface area contributed by atoms with Crippen LogP contribution in [0.2, 0.25) is 0 Å². The highest BCUT2D eigenvalue weighted by molar-refractivity contribution is 5.90. The van der Waals surface area contributed by atoms with Gasteiger partial charge in [-0.1, -0.05) is 0 Å². The quantitative estimate of drug-likeness (QED) is 0.771. The lowest BCUT2D eigenvalue weighted by atomic mass is 10.1. The molecule has 2 rings (SSSR count). The number of nitrogens with zero attached hydrogens (tertiary/aromatic N) is 1. The minimum absolute atomic E-state index is 0.0683. The van der Waals surface area contributed by atoms with E-state index in [9.17, 15) is 9.90 Å². The van der Waals surface area contributed by atoms with E-state index >= 15 is 0 Å². The van der Waals surface area contributed by atoms with Gasteiger partial charge in [0.05, 0.1) is 6.61 Å². The van der Waals surface area contributed by atoms with Crippen molar-refractivity contribution in [3.63, 3.8) is 0 Å². The Kier molecular flexibility index (Phi) is 4.18. The molecule has 5 nitrogen and oxygen atoms in total. The third kappa shape index (κ3) is 3.42. The Morgan fingerprint density at radius 2 is 2.10 bits per heavy atom. The molecule has 3 N–H and O–H groups in total. The van der Waals surface area contributed by atoms with E-state index < -0.39 is 0 Å². The number of carbonyl (C=O) groups is 1. The fraction of sp³-hybridized carbons (Fsp3) is 0.533. The molecule has 20 heavy (non-hydrogen) atoms. The van der Waals surface area contributed by atoms with Gasteiger partial charge in [0.2, 0.25) is 0 Å². The number of aryl methyl sites for hydroxylation is 1. The predicted octanol–water partition coefficient (Wildman–Crippen LogP) is 1.96. The van der Waals surface area contributed by atoms with Gasteiger partial charge in [0.25, 0.3) is 0 Å². The summed E-state index contributed by atoms with van der Waals surface area (Å²) in [4.78, 5) is 13.9. The van der Waals surface area contributed by atoms with Crippen molar-refractivity contribution in [2.24, 2.45) is 5.41 Å². The van der Waals surface area contributed by atoms with Gasteiger partial charge in [-0.25, -0.2) is 4.79 Å². The molecule has 0 saturated heterocycles. The van der Waals surface area contributed by atoms with Crippen molar-refractivity contribution >= 4 is 17.4 Å². The number of hydrogen-bond acceptors (Lipinski definition) is 3. The Morgan fingerprint density at radius 3 is 2.60 bits per heavy atom. The summed E-state index contributed by atoms with van der Waals surface area (Å²) >= 11 is 0. The van der Waals surface area contributed by atoms with E-state index in [2.05, 4.69) is 10.6 Å². The summed E-state index contributed by atoms with van der Waals surface area (Å²) in [7, 11) is 3.97. The maximum atomic E-state index is 11.9. The molecule has 1 saturated carbocycles. The lowest BCUT2D eigenvalue weighted by Gasteiger charge is -2.17. The molecular weight excluding hydrogens is 254 g/mol. The van der Waals surface area contributed by atoms with Crippen molar-refractivity contribution in [3.05, 3.63) is 23.8 Å². The number of anilines is 2. The predicted molar refractivity (Wildman–Crippen MR) is 81.3 cm³/mol. The monoisotopic (exact) mass is 277 g/mol. The average Bonchev–Trinajstić information content (AvgIpc) is 3.19. The van der Waals surface area contributed by atoms with Gasteiger partial charge in [-0.05, 0) is 43.5 Å². The second kappa shape index (κ2) is 5.71. The van der Waals surface area contributed by atoms with E-state index in [0.717, 1.165) is 29.8 Å². The average molecular weight is 277 g/mol. The van der Waals surface area contributed by atoms with Crippen LogP contribution in [0.15, 0.2) is 18.2 Å². The topological polar surface area (TPSA) is 64.6 Å². The maximum absolute atomic E-state index is 11.9. The molecule has 0 unspecified atom stereocenters. The van der Waals surface area contributed by atoms with E-state index in [-0.39, 0.29) is 18.1 Å². The summed E-state index contributed by atoms with van der Waals surface area (Å²) in [6, 6.07) is 5.69. The van der Waals surface area contributed by atoms with Crippen molar-refractivity contribution in [2.45, 2.75) is 19.8 Å². The molecular formula is C15H23N3O2. The summed E-state index contributed by atoms with van der Waals surface area (Å²) in [5.74, 6) is 0. The molecule has 1 aromatic carbocycles. The molecule has 0 aliphatic heterocycles. The lowest BCUT2D eigenvalue weighted by molar-refractivity contribution is 0.206. The van der Waals surface area contributed by atoms with Crippen molar-refractivity contribution < 1.29 is 9.90 Å². The number of aliphatic hydroxyl groups excluding tert-OH is 1. The van der Waals surface area contributed by atoms with Gasteiger partial charge in [-0.2, -0.15) is 0 Å². The van der Waals surface area contributed by atoms with Crippen LogP contribution in [0, 0.1) is 12.3 Å². The molecule has 0 aromatic heterocycles. The van der Waals surface area contributed by atoms with Crippen LogP contribution in [0.4, 0.5) is 16.2 Å². The lowest BCUT2D eigenvalue weighted by Crippen LogP contribution is -2.35. The number of carbonyl (C=O) groups excluding carboxylic acids is 1. The van der Waals surface area contributed by atoms with Crippen LogP contribution < -0.4 is 15.5 Å². The van der Waals surface area contributed by atoms with Crippen LogP contribution in [0.25, 0.3) is 0 Å². The van der Waals surface area contributed by atoms with Crippen LogP contribution in [-0.2, 0) is 0 Å². The van der Waals surface area contributed by atoms with Crippen molar-refractivity contribution in [1.82, 2.24) is 5.32 Å². The van der Waals surface area contributed by atoms with E-state index in [1.807, 2.05) is 44.1 Å². The van der Waals surface area contributed by atoms with Crippen LogP contribution in [0.1, 0.15) is 18.4 Å². The molecule has 1 aliphatic rings. The normalized spacial score (nSPS) is 15.6. The summed E-state index contributed by atoms with van der Waals surface area (Å²) in [5.41, 5.74) is 2.86. The molecule has 1 fully saturated rings. The van der Waals surface area contributed by atoms with Gasteiger partial charge < -0.3 is 20.6 Å². The second-order valence-electron chi connectivity index (χ2n) is 5.86. The molecule has 0 radical (unpaired) electrons. The smallest absolute Gasteiger partial charge is 0.319 e. The van der Waals surface area contributed by atoms with Crippen LogP contribution in [-0.4, -0.2) is 38.4 Å². The summed E-state index contributed by atoms with van der Waals surface area (Å²) in [6.07, 6.45) is 1.97. The first-order chi connectivity index (χ1) is 9.46. The van der Waals surface area contributed by atoms with Gasteiger partial charge >= 0.3 is 6.03 Å². The molecule has 110 valence electrons. The molecule has 0 atom stereocenters. The minimum atomic E-state index is -0.217. The van der Waals surface area contributed by atoms with Gasteiger partial charge in [0, 0.05) is 37.4 Å². The third-order valence-corrected chi connectivity index (χ3v) is 3.89. The zero-order valence-corrected chi connectivity index (χ0v) is 12.4. The number of benzene rings is 1. The highest BCUT2D eigenvalue weighted by Gasteiger charge is 2.42. The Labute approximate surface area is 120 Å². The highest BCUT2D eigenvalue weighted by atomic mass is 16.3. The number of nitrogens with one attached hydrogen (secondary N) is 2. The van der Waals surface area contributed by atoms with Crippen molar-refractivity contribution in [2.75, 3.05) is 37.5 Å². The number of urea groups is 1. The Bertz CT molecular complexity index is 496. The van der Waals surface area contributed by atoms with Crippen molar-refractivity contribution in [3.8, 4) is 0 Å². The zero-order chi connectivity index (χ0) is 14.8.